The van der Waals surface area contributed by atoms with Crippen LogP contribution in [-0.2, 0) is 6.54 Å². The molecule has 1 rings (SSSR count). The summed E-state index contributed by atoms with van der Waals surface area (Å²) in [7, 11) is 0. The lowest BCUT2D eigenvalue weighted by Crippen LogP contribution is -2.29. The van der Waals surface area contributed by atoms with E-state index < -0.39 is 6.17 Å². The second kappa shape index (κ2) is 8.88. The van der Waals surface area contributed by atoms with E-state index in [9.17, 15) is 4.39 Å². The largest absolute Gasteiger partial charge is 0.310 e. The van der Waals surface area contributed by atoms with Crippen LogP contribution in [0.4, 0.5) is 4.39 Å². The third-order valence-corrected chi connectivity index (χ3v) is 3.65. The van der Waals surface area contributed by atoms with Crippen LogP contribution in [0, 0.1) is 12.8 Å². The predicted octanol–water partition coefficient (Wildman–Crippen LogP) is 3.94. The van der Waals surface area contributed by atoms with E-state index >= 15 is 0 Å². The van der Waals surface area contributed by atoms with Gasteiger partial charge < -0.3 is 5.32 Å². The van der Waals surface area contributed by atoms with Gasteiger partial charge in [-0.05, 0) is 20.3 Å². The van der Waals surface area contributed by atoms with E-state index in [1.807, 2.05) is 39.1 Å². The van der Waals surface area contributed by atoms with Crippen molar-refractivity contribution >= 4 is 0 Å². The fourth-order valence-electron chi connectivity index (χ4n) is 2.22. The van der Waals surface area contributed by atoms with Gasteiger partial charge in [-0.1, -0.05) is 32.9 Å². The third-order valence-electron chi connectivity index (χ3n) is 3.65. The molecule has 3 nitrogen and oxygen atoms in total. The summed E-state index contributed by atoms with van der Waals surface area (Å²) in [5.74, 6) is 1.17. The van der Waals surface area contributed by atoms with Crippen molar-refractivity contribution in [2.75, 3.05) is 6.54 Å². The summed E-state index contributed by atoms with van der Waals surface area (Å²) in [6.45, 7) is 11.0. The Bertz CT molecular complexity index is 457. The molecule has 1 N–H and O–H groups in total. The van der Waals surface area contributed by atoms with Gasteiger partial charge in [0.1, 0.15) is 12.0 Å². The number of nitrogens with one attached hydrogen (secondary N) is 1. The molecule has 2 atom stereocenters. The Morgan fingerprint density at radius 1 is 1.38 bits per heavy atom. The van der Waals surface area contributed by atoms with E-state index in [0.717, 1.165) is 23.5 Å². The van der Waals surface area contributed by atoms with Gasteiger partial charge in [0, 0.05) is 42.4 Å². The van der Waals surface area contributed by atoms with Crippen molar-refractivity contribution in [3.05, 3.63) is 35.4 Å². The summed E-state index contributed by atoms with van der Waals surface area (Å²) in [6.07, 6.45) is 5.67. The Balaban J connectivity index is 2.52. The highest BCUT2D eigenvalue weighted by Gasteiger charge is 2.16. The number of allylic oxidation sites excluding steroid dienone is 2. The number of rotatable bonds is 8. The smallest absolute Gasteiger partial charge is 0.131 e. The first-order valence-corrected chi connectivity index (χ1v) is 7.79. The molecule has 0 bridgehead atoms. The van der Waals surface area contributed by atoms with Crippen LogP contribution >= 0.6 is 0 Å². The number of halogens is 1. The molecule has 0 saturated heterocycles. The zero-order valence-electron chi connectivity index (χ0n) is 13.9. The molecule has 0 aliphatic carbocycles. The molecule has 1 heterocycles. The summed E-state index contributed by atoms with van der Waals surface area (Å²) in [5.41, 5.74) is 2.00. The molecule has 0 aliphatic rings. The van der Waals surface area contributed by atoms with E-state index in [-0.39, 0.29) is 5.92 Å². The quantitative estimate of drug-likeness (QED) is 0.738. The molecule has 0 aliphatic heterocycles. The summed E-state index contributed by atoms with van der Waals surface area (Å²) >= 11 is 0. The second-order valence-electron chi connectivity index (χ2n) is 5.74. The minimum atomic E-state index is -0.859. The first kappa shape index (κ1) is 17.8. The van der Waals surface area contributed by atoms with Crippen LogP contribution in [-0.4, -0.2) is 22.7 Å². The normalized spacial score (nSPS) is 14.8. The number of aromatic nitrogens is 2. The first-order chi connectivity index (χ1) is 9.99. The van der Waals surface area contributed by atoms with Crippen molar-refractivity contribution in [2.45, 2.75) is 59.7 Å². The molecule has 0 radical (unpaired) electrons. The molecule has 4 heteroatoms. The van der Waals surface area contributed by atoms with Gasteiger partial charge in [-0.3, -0.25) is 0 Å². The van der Waals surface area contributed by atoms with E-state index in [1.165, 1.54) is 0 Å². The van der Waals surface area contributed by atoms with E-state index in [1.54, 1.807) is 0 Å². The van der Waals surface area contributed by atoms with Gasteiger partial charge in [0.25, 0.3) is 0 Å². The standard InChI is InChI=1S/C17H28FN3/c1-6-8-14(7-2)16(18)11-19-9-15-10-20-17(12(3)4)21-13(15)5/h6,8,10,12,14,16,19H,7,9,11H2,1-5H3/b8-6+/t14-,16-/m0/s1. The Morgan fingerprint density at radius 2 is 2.10 bits per heavy atom. The van der Waals surface area contributed by atoms with E-state index in [4.69, 9.17) is 0 Å². The van der Waals surface area contributed by atoms with Crippen molar-refractivity contribution in [1.82, 2.24) is 15.3 Å². The maximum atomic E-state index is 14.1. The van der Waals surface area contributed by atoms with Crippen LogP contribution in [0.25, 0.3) is 0 Å². The molecule has 0 aromatic carbocycles. The van der Waals surface area contributed by atoms with Crippen molar-refractivity contribution < 1.29 is 4.39 Å². The molecule has 1 aromatic rings. The van der Waals surface area contributed by atoms with Crippen LogP contribution in [0.3, 0.4) is 0 Å². The molecule has 0 amide bonds. The average molecular weight is 293 g/mol. The number of nitrogens with zero attached hydrogens (tertiary/aromatic N) is 2. The predicted molar refractivity (Wildman–Crippen MR) is 86.1 cm³/mol. The Hall–Kier alpha value is -1.29. The first-order valence-electron chi connectivity index (χ1n) is 7.79. The third kappa shape index (κ3) is 5.54. The molecule has 1 aromatic heterocycles. The van der Waals surface area contributed by atoms with Gasteiger partial charge in [-0.25, -0.2) is 14.4 Å². The zero-order chi connectivity index (χ0) is 15.8. The van der Waals surface area contributed by atoms with Crippen molar-refractivity contribution in [3.8, 4) is 0 Å². The van der Waals surface area contributed by atoms with E-state index in [0.29, 0.717) is 19.0 Å². The van der Waals surface area contributed by atoms with Gasteiger partial charge in [0.15, 0.2) is 0 Å². The lowest BCUT2D eigenvalue weighted by Gasteiger charge is -2.17. The Labute approximate surface area is 128 Å². The fourth-order valence-corrected chi connectivity index (χ4v) is 2.22. The summed E-state index contributed by atoms with van der Waals surface area (Å²) in [6, 6.07) is 0. The monoisotopic (exact) mass is 293 g/mol. The van der Waals surface area contributed by atoms with Gasteiger partial charge in [-0.15, -0.1) is 0 Å². The fraction of sp³-hybridized carbons (Fsp3) is 0.647. The van der Waals surface area contributed by atoms with Gasteiger partial charge in [-0.2, -0.15) is 0 Å². The topological polar surface area (TPSA) is 37.8 Å². The molecule has 118 valence electrons. The highest BCUT2D eigenvalue weighted by Crippen LogP contribution is 2.14. The molecule has 0 spiro atoms. The molecule has 0 fully saturated rings. The molecular weight excluding hydrogens is 265 g/mol. The molecule has 0 saturated carbocycles. The van der Waals surface area contributed by atoms with Crippen LogP contribution in [0.1, 0.15) is 57.1 Å². The van der Waals surface area contributed by atoms with Crippen LogP contribution in [0.5, 0.6) is 0 Å². The number of alkyl halides is 1. The highest BCUT2D eigenvalue weighted by atomic mass is 19.1. The number of hydrogen-bond donors (Lipinski definition) is 1. The summed E-state index contributed by atoms with van der Waals surface area (Å²) in [4.78, 5) is 8.86. The van der Waals surface area contributed by atoms with Crippen LogP contribution in [0.2, 0.25) is 0 Å². The number of aryl methyl sites for hydroxylation is 1. The minimum absolute atomic E-state index is 0.0110. The SMILES string of the molecule is C/C=C/[C@H](CC)[C@@H](F)CNCc1cnc(C(C)C)nc1C. The van der Waals surface area contributed by atoms with Crippen LogP contribution in [0.15, 0.2) is 18.3 Å². The number of hydrogen-bond acceptors (Lipinski definition) is 3. The Kier molecular flexibility index (Phi) is 7.51. The average Bonchev–Trinajstić information content (AvgIpc) is 2.45. The molecular formula is C17H28FN3. The molecule has 21 heavy (non-hydrogen) atoms. The highest BCUT2D eigenvalue weighted by molar-refractivity contribution is 5.16. The lowest BCUT2D eigenvalue weighted by molar-refractivity contribution is 0.248. The van der Waals surface area contributed by atoms with Gasteiger partial charge in [0.05, 0.1) is 0 Å². The maximum absolute atomic E-state index is 14.1. The minimum Gasteiger partial charge on any atom is -0.310 e. The summed E-state index contributed by atoms with van der Waals surface area (Å²) < 4.78 is 14.1. The van der Waals surface area contributed by atoms with Crippen molar-refractivity contribution in [1.29, 1.82) is 0 Å². The van der Waals surface area contributed by atoms with E-state index in [2.05, 4.69) is 29.1 Å². The Morgan fingerprint density at radius 3 is 2.62 bits per heavy atom. The lowest BCUT2D eigenvalue weighted by atomic mass is 10.00. The maximum Gasteiger partial charge on any atom is 0.131 e. The van der Waals surface area contributed by atoms with Gasteiger partial charge in [0.2, 0.25) is 0 Å². The van der Waals surface area contributed by atoms with Crippen LogP contribution < -0.4 is 5.32 Å². The molecule has 0 unspecified atom stereocenters. The zero-order valence-corrected chi connectivity index (χ0v) is 13.9. The summed E-state index contributed by atoms with van der Waals surface area (Å²) in [5, 5.41) is 3.18. The second-order valence-corrected chi connectivity index (χ2v) is 5.74. The van der Waals surface area contributed by atoms with Crippen molar-refractivity contribution in [2.24, 2.45) is 5.92 Å². The van der Waals surface area contributed by atoms with Gasteiger partial charge >= 0.3 is 0 Å². The van der Waals surface area contributed by atoms with Crippen molar-refractivity contribution in [3.63, 3.8) is 0 Å².